The first-order chi connectivity index (χ1) is 15.0. The van der Waals surface area contributed by atoms with Crippen LogP contribution in [0.5, 0.6) is 0 Å². The van der Waals surface area contributed by atoms with Crippen molar-refractivity contribution in [3.8, 4) is 22.3 Å². The Bertz CT molecular complexity index is 1170. The summed E-state index contributed by atoms with van der Waals surface area (Å²) in [7, 11) is 0. The molecule has 0 spiro atoms. The number of benzene rings is 2. The van der Waals surface area contributed by atoms with Gasteiger partial charge in [0.15, 0.2) is 0 Å². The molecule has 2 aliphatic heterocycles. The van der Waals surface area contributed by atoms with Crippen molar-refractivity contribution in [1.29, 1.82) is 0 Å². The number of nitrogens with two attached hydrogens (primary N) is 1. The number of rotatable bonds is 3. The van der Waals surface area contributed by atoms with Crippen molar-refractivity contribution in [3.63, 3.8) is 0 Å². The molecule has 1 atom stereocenters. The van der Waals surface area contributed by atoms with Gasteiger partial charge >= 0.3 is 0 Å². The Balaban J connectivity index is 1.51. The van der Waals surface area contributed by atoms with E-state index in [1.165, 1.54) is 5.56 Å². The first kappa shape index (κ1) is 19.6. The molecule has 2 aromatic carbocycles. The highest BCUT2D eigenvalue weighted by molar-refractivity contribution is 5.81. The van der Waals surface area contributed by atoms with Crippen LogP contribution in [0.1, 0.15) is 30.9 Å². The van der Waals surface area contributed by atoms with Crippen LogP contribution >= 0.6 is 0 Å². The Kier molecular flexibility index (Phi) is 4.89. The first-order valence-electron chi connectivity index (χ1n) is 10.9. The second kappa shape index (κ2) is 7.73. The molecule has 4 nitrogen and oxygen atoms in total. The van der Waals surface area contributed by atoms with E-state index in [0.29, 0.717) is 17.4 Å². The zero-order valence-corrected chi connectivity index (χ0v) is 17.8. The van der Waals surface area contributed by atoms with Crippen molar-refractivity contribution < 1.29 is 4.39 Å². The van der Waals surface area contributed by atoms with Gasteiger partial charge in [-0.05, 0) is 61.6 Å². The van der Waals surface area contributed by atoms with Crippen molar-refractivity contribution >= 4 is 17.2 Å². The summed E-state index contributed by atoms with van der Waals surface area (Å²) in [5, 5.41) is 3.30. The minimum absolute atomic E-state index is 0.234. The highest BCUT2D eigenvalue weighted by Gasteiger charge is 2.22. The van der Waals surface area contributed by atoms with Crippen LogP contribution in [0, 0.1) is 5.82 Å². The van der Waals surface area contributed by atoms with E-state index in [9.17, 15) is 0 Å². The molecule has 1 aromatic heterocycles. The summed E-state index contributed by atoms with van der Waals surface area (Å²) < 4.78 is 15.1. The van der Waals surface area contributed by atoms with Crippen LogP contribution in [-0.4, -0.2) is 24.1 Å². The summed E-state index contributed by atoms with van der Waals surface area (Å²) >= 11 is 0. The third-order valence-corrected chi connectivity index (χ3v) is 6.54. The zero-order valence-electron chi connectivity index (χ0n) is 17.8. The topological polar surface area (TPSA) is 54.2 Å². The van der Waals surface area contributed by atoms with E-state index in [1.54, 1.807) is 12.3 Å². The van der Waals surface area contributed by atoms with Crippen molar-refractivity contribution in [2.45, 2.75) is 32.2 Å². The number of pyridine rings is 1. The molecular formula is C26H27FN4. The molecule has 31 heavy (non-hydrogen) atoms. The molecular weight excluding hydrogens is 387 g/mol. The summed E-state index contributed by atoms with van der Waals surface area (Å²) in [4.78, 5) is 6.66. The van der Waals surface area contributed by atoms with Gasteiger partial charge in [0.1, 0.15) is 11.6 Å². The van der Waals surface area contributed by atoms with Crippen molar-refractivity contribution in [2.24, 2.45) is 0 Å². The second-order valence-corrected chi connectivity index (χ2v) is 8.53. The number of halogens is 1. The standard InChI is InChI=1S/C26H27FN4/c1-16-4-3-11-31(16)21-6-8-23(25(27)14-21)20-13-24(26(28)30-15-20)18-5-7-22-17(2)29-10-9-19(22)12-18/h5-8,12-16,29H,2-4,9-11H2,1H3,(H2,28,30)/t16-/m1/s1. The number of nitrogen functional groups attached to an aromatic ring is 1. The maximum atomic E-state index is 15.1. The van der Waals surface area contributed by atoms with Crippen molar-refractivity contribution in [3.05, 3.63) is 72.2 Å². The van der Waals surface area contributed by atoms with E-state index in [2.05, 4.69) is 40.8 Å². The molecule has 3 aromatic rings. The van der Waals surface area contributed by atoms with Gasteiger partial charge in [-0.25, -0.2) is 9.37 Å². The minimum atomic E-state index is -0.234. The van der Waals surface area contributed by atoms with Gasteiger partial charge in [0, 0.05) is 59.0 Å². The van der Waals surface area contributed by atoms with E-state index in [1.807, 2.05) is 24.3 Å². The summed E-state index contributed by atoms with van der Waals surface area (Å²) in [5.74, 6) is 0.210. The number of nitrogens with one attached hydrogen (secondary N) is 1. The molecule has 0 unspecified atom stereocenters. The highest BCUT2D eigenvalue weighted by Crippen LogP contribution is 2.35. The van der Waals surface area contributed by atoms with Gasteiger partial charge in [0.2, 0.25) is 0 Å². The molecule has 1 saturated heterocycles. The fourth-order valence-electron chi connectivity index (χ4n) is 4.79. The molecule has 0 amide bonds. The van der Waals surface area contributed by atoms with Crippen molar-refractivity contribution in [2.75, 3.05) is 23.7 Å². The van der Waals surface area contributed by atoms with Gasteiger partial charge in [-0.3, -0.25) is 0 Å². The lowest BCUT2D eigenvalue weighted by Gasteiger charge is -2.24. The van der Waals surface area contributed by atoms with Gasteiger partial charge in [-0.15, -0.1) is 0 Å². The monoisotopic (exact) mass is 414 g/mol. The SMILES string of the molecule is C=C1NCCc2cc(-c3cc(-c4ccc(N5CCC[C@H]5C)cc4F)cnc3N)ccc21. The highest BCUT2D eigenvalue weighted by atomic mass is 19.1. The third-order valence-electron chi connectivity index (χ3n) is 6.54. The average molecular weight is 415 g/mol. The molecule has 0 saturated carbocycles. The van der Waals surface area contributed by atoms with Gasteiger partial charge in [0.25, 0.3) is 0 Å². The Morgan fingerprint density at radius 1 is 1.10 bits per heavy atom. The third kappa shape index (κ3) is 3.54. The lowest BCUT2D eigenvalue weighted by Crippen LogP contribution is -2.26. The van der Waals surface area contributed by atoms with E-state index in [0.717, 1.165) is 66.0 Å². The number of hydrogen-bond donors (Lipinski definition) is 2. The maximum Gasteiger partial charge on any atom is 0.133 e. The summed E-state index contributed by atoms with van der Waals surface area (Å²) in [6.45, 7) is 8.13. The van der Waals surface area contributed by atoms with E-state index in [-0.39, 0.29) is 5.82 Å². The summed E-state index contributed by atoms with van der Waals surface area (Å²) in [5.41, 5.74) is 13.6. The van der Waals surface area contributed by atoms with Crippen LogP contribution in [0.15, 0.2) is 55.2 Å². The van der Waals surface area contributed by atoms with Crippen molar-refractivity contribution in [1.82, 2.24) is 10.3 Å². The Hall–Kier alpha value is -3.34. The zero-order chi connectivity index (χ0) is 21.5. The van der Waals surface area contributed by atoms with Crippen LogP contribution in [0.3, 0.4) is 0 Å². The number of hydrogen-bond acceptors (Lipinski definition) is 4. The summed E-state index contributed by atoms with van der Waals surface area (Å²) in [6, 6.07) is 14.1. The van der Waals surface area contributed by atoms with E-state index >= 15 is 4.39 Å². The maximum absolute atomic E-state index is 15.1. The smallest absolute Gasteiger partial charge is 0.133 e. The quantitative estimate of drug-likeness (QED) is 0.615. The number of fused-ring (bicyclic) bond motifs is 1. The molecule has 158 valence electrons. The van der Waals surface area contributed by atoms with Gasteiger partial charge < -0.3 is 16.0 Å². The molecule has 5 rings (SSSR count). The molecule has 3 N–H and O–H groups in total. The number of nitrogens with zero attached hydrogens (tertiary/aromatic N) is 2. The second-order valence-electron chi connectivity index (χ2n) is 8.53. The molecule has 0 radical (unpaired) electrons. The Labute approximate surface area is 182 Å². The van der Waals surface area contributed by atoms with Crippen LogP contribution in [-0.2, 0) is 6.42 Å². The summed E-state index contributed by atoms with van der Waals surface area (Å²) in [6.07, 6.45) is 4.89. The predicted octanol–water partition coefficient (Wildman–Crippen LogP) is 5.24. The average Bonchev–Trinajstić information content (AvgIpc) is 3.20. The molecule has 3 heterocycles. The largest absolute Gasteiger partial charge is 0.385 e. The molecule has 2 aliphatic rings. The van der Waals surface area contributed by atoms with E-state index < -0.39 is 0 Å². The molecule has 5 heteroatoms. The lowest BCUT2D eigenvalue weighted by molar-refractivity contribution is 0.629. The van der Waals surface area contributed by atoms with Crippen LogP contribution in [0.2, 0.25) is 0 Å². The molecule has 0 aliphatic carbocycles. The van der Waals surface area contributed by atoms with Gasteiger partial charge in [-0.2, -0.15) is 0 Å². The van der Waals surface area contributed by atoms with Gasteiger partial charge in [0.05, 0.1) is 0 Å². The molecule has 0 bridgehead atoms. The Morgan fingerprint density at radius 3 is 2.71 bits per heavy atom. The van der Waals surface area contributed by atoms with E-state index in [4.69, 9.17) is 5.73 Å². The van der Waals surface area contributed by atoms with Gasteiger partial charge in [-0.1, -0.05) is 24.8 Å². The minimum Gasteiger partial charge on any atom is -0.385 e. The fourth-order valence-corrected chi connectivity index (χ4v) is 4.79. The fraction of sp³-hybridized carbons (Fsp3) is 0.269. The number of anilines is 2. The van der Waals surface area contributed by atoms with Crippen LogP contribution < -0.4 is 16.0 Å². The lowest BCUT2D eigenvalue weighted by atomic mass is 9.93. The van der Waals surface area contributed by atoms with Crippen LogP contribution in [0.25, 0.3) is 28.0 Å². The first-order valence-corrected chi connectivity index (χ1v) is 10.9. The normalized spacial score (nSPS) is 18.1. The predicted molar refractivity (Wildman–Crippen MR) is 126 cm³/mol. The van der Waals surface area contributed by atoms with Crippen LogP contribution in [0.4, 0.5) is 15.9 Å². The Morgan fingerprint density at radius 2 is 1.94 bits per heavy atom. The number of aromatic nitrogens is 1. The molecule has 1 fully saturated rings.